The second-order valence-electron chi connectivity index (χ2n) is 9.22. The molecule has 2 amide bonds. The van der Waals surface area contributed by atoms with Crippen LogP contribution in [0.25, 0.3) is 0 Å². The monoisotopic (exact) mass is 434 g/mol. The zero-order valence-corrected chi connectivity index (χ0v) is 19.2. The third-order valence-corrected chi connectivity index (χ3v) is 6.60. The standard InChI is InChI=1S/C26H34N4O2/c1-20-5-9-22(10-6-20)26(32)30-13-3-4-23(19-30)25(31)27-24-11-7-21(8-12-24)18-29-16-14-28(2)15-17-29/h5-12,23H,3-4,13-19H2,1-2H3,(H,27,31). The van der Waals surface area contributed by atoms with Crippen LogP contribution >= 0.6 is 0 Å². The predicted octanol–water partition coefficient (Wildman–Crippen LogP) is 3.23. The lowest BCUT2D eigenvalue weighted by molar-refractivity contribution is -0.121. The van der Waals surface area contributed by atoms with Gasteiger partial charge >= 0.3 is 0 Å². The largest absolute Gasteiger partial charge is 0.338 e. The van der Waals surface area contributed by atoms with Gasteiger partial charge in [-0.3, -0.25) is 14.5 Å². The lowest BCUT2D eigenvalue weighted by atomic mass is 9.96. The number of hydrogen-bond donors (Lipinski definition) is 1. The van der Waals surface area contributed by atoms with Gasteiger partial charge in [0.1, 0.15) is 0 Å². The number of aryl methyl sites for hydroxylation is 1. The lowest BCUT2D eigenvalue weighted by Gasteiger charge is -2.32. The van der Waals surface area contributed by atoms with E-state index < -0.39 is 0 Å². The van der Waals surface area contributed by atoms with Crippen LogP contribution < -0.4 is 5.32 Å². The third-order valence-electron chi connectivity index (χ3n) is 6.60. The molecule has 2 saturated heterocycles. The highest BCUT2D eigenvalue weighted by Crippen LogP contribution is 2.21. The van der Waals surface area contributed by atoms with Crippen molar-refractivity contribution in [3.63, 3.8) is 0 Å². The second kappa shape index (κ2) is 10.3. The van der Waals surface area contributed by atoms with E-state index in [0.717, 1.165) is 56.8 Å². The van der Waals surface area contributed by atoms with E-state index in [4.69, 9.17) is 0 Å². The lowest BCUT2D eigenvalue weighted by Crippen LogP contribution is -2.44. The summed E-state index contributed by atoms with van der Waals surface area (Å²) in [6.07, 6.45) is 1.66. The van der Waals surface area contributed by atoms with Gasteiger partial charge in [-0.05, 0) is 56.6 Å². The van der Waals surface area contributed by atoms with Crippen LogP contribution in [-0.4, -0.2) is 72.8 Å². The number of likely N-dealkylation sites (tertiary alicyclic amines) is 1. The topological polar surface area (TPSA) is 55.9 Å². The van der Waals surface area contributed by atoms with Crippen LogP contribution in [0.2, 0.25) is 0 Å². The van der Waals surface area contributed by atoms with E-state index in [0.29, 0.717) is 18.7 Å². The van der Waals surface area contributed by atoms with E-state index in [1.165, 1.54) is 5.56 Å². The number of likely N-dealkylation sites (N-methyl/N-ethyl adjacent to an activating group) is 1. The molecule has 6 nitrogen and oxygen atoms in total. The molecule has 170 valence electrons. The fourth-order valence-corrected chi connectivity index (χ4v) is 4.46. The first-order valence-corrected chi connectivity index (χ1v) is 11.6. The Labute approximate surface area is 191 Å². The van der Waals surface area contributed by atoms with Gasteiger partial charge < -0.3 is 15.1 Å². The fourth-order valence-electron chi connectivity index (χ4n) is 4.46. The molecule has 1 unspecified atom stereocenters. The summed E-state index contributed by atoms with van der Waals surface area (Å²) >= 11 is 0. The smallest absolute Gasteiger partial charge is 0.253 e. The van der Waals surface area contributed by atoms with Crippen LogP contribution in [0.1, 0.15) is 34.3 Å². The van der Waals surface area contributed by atoms with Crippen LogP contribution in [0.3, 0.4) is 0 Å². The Morgan fingerprint density at radius 2 is 1.62 bits per heavy atom. The van der Waals surface area contributed by atoms with Gasteiger partial charge in [0, 0.05) is 57.1 Å². The number of carbonyl (C=O) groups excluding carboxylic acids is 2. The maximum Gasteiger partial charge on any atom is 0.253 e. The first-order chi connectivity index (χ1) is 15.5. The van der Waals surface area contributed by atoms with Crippen molar-refractivity contribution in [2.24, 2.45) is 5.92 Å². The number of anilines is 1. The average molecular weight is 435 g/mol. The minimum absolute atomic E-state index is 0.00164. The highest BCUT2D eigenvalue weighted by Gasteiger charge is 2.29. The van der Waals surface area contributed by atoms with Gasteiger partial charge in [0.2, 0.25) is 5.91 Å². The molecule has 2 aliphatic rings. The van der Waals surface area contributed by atoms with Gasteiger partial charge in [0.25, 0.3) is 5.91 Å². The SMILES string of the molecule is Cc1ccc(C(=O)N2CCCC(C(=O)Nc3ccc(CN4CCN(C)CC4)cc3)C2)cc1. The molecule has 2 fully saturated rings. The molecular weight excluding hydrogens is 400 g/mol. The predicted molar refractivity (Wildman–Crippen MR) is 128 cm³/mol. The Bertz CT molecular complexity index is 918. The molecule has 2 heterocycles. The number of piperazine rings is 1. The summed E-state index contributed by atoms with van der Waals surface area (Å²) in [5, 5.41) is 3.06. The number of nitrogens with one attached hydrogen (secondary N) is 1. The highest BCUT2D eigenvalue weighted by molar-refractivity contribution is 5.96. The molecule has 1 N–H and O–H groups in total. The van der Waals surface area contributed by atoms with Gasteiger partial charge in [-0.1, -0.05) is 29.8 Å². The van der Waals surface area contributed by atoms with Crippen LogP contribution in [-0.2, 0) is 11.3 Å². The minimum atomic E-state index is -0.178. The molecule has 0 bridgehead atoms. The molecule has 0 saturated carbocycles. The molecule has 0 aromatic heterocycles. The zero-order chi connectivity index (χ0) is 22.5. The van der Waals surface area contributed by atoms with Gasteiger partial charge in [-0.2, -0.15) is 0 Å². The Kier molecular flexibility index (Phi) is 7.22. The fraction of sp³-hybridized carbons (Fsp3) is 0.462. The van der Waals surface area contributed by atoms with Crippen molar-refractivity contribution < 1.29 is 9.59 Å². The zero-order valence-electron chi connectivity index (χ0n) is 19.2. The van der Waals surface area contributed by atoms with Crippen LogP contribution in [0.5, 0.6) is 0 Å². The summed E-state index contributed by atoms with van der Waals surface area (Å²) in [5.41, 5.74) is 3.90. The molecule has 0 spiro atoms. The van der Waals surface area contributed by atoms with Gasteiger partial charge in [-0.25, -0.2) is 0 Å². The molecule has 4 rings (SSSR count). The van der Waals surface area contributed by atoms with Crippen molar-refractivity contribution in [1.82, 2.24) is 14.7 Å². The van der Waals surface area contributed by atoms with Gasteiger partial charge in [0.05, 0.1) is 5.92 Å². The molecule has 6 heteroatoms. The Hall–Kier alpha value is -2.70. The number of nitrogens with zero attached hydrogens (tertiary/aromatic N) is 3. The molecular formula is C26H34N4O2. The summed E-state index contributed by atoms with van der Waals surface area (Å²) in [5.74, 6) is -0.169. The first kappa shape index (κ1) is 22.5. The van der Waals surface area contributed by atoms with Crippen molar-refractivity contribution in [2.45, 2.75) is 26.3 Å². The maximum atomic E-state index is 12.9. The molecule has 32 heavy (non-hydrogen) atoms. The van der Waals surface area contributed by atoms with Crippen LogP contribution in [0.15, 0.2) is 48.5 Å². The van der Waals surface area contributed by atoms with Crippen molar-refractivity contribution >= 4 is 17.5 Å². The number of piperidine rings is 1. The van der Waals surface area contributed by atoms with Crippen LogP contribution in [0, 0.1) is 12.8 Å². The molecule has 2 aromatic rings. The van der Waals surface area contributed by atoms with E-state index in [1.807, 2.05) is 48.2 Å². The van der Waals surface area contributed by atoms with Gasteiger partial charge in [0.15, 0.2) is 0 Å². The number of amides is 2. The molecule has 0 aliphatic carbocycles. The summed E-state index contributed by atoms with van der Waals surface area (Å²) < 4.78 is 0. The number of hydrogen-bond acceptors (Lipinski definition) is 4. The molecule has 0 radical (unpaired) electrons. The van der Waals surface area contributed by atoms with Gasteiger partial charge in [-0.15, -0.1) is 0 Å². The molecule has 1 atom stereocenters. The van der Waals surface area contributed by atoms with E-state index in [9.17, 15) is 9.59 Å². The van der Waals surface area contributed by atoms with Crippen molar-refractivity contribution in [3.8, 4) is 0 Å². The highest BCUT2D eigenvalue weighted by atomic mass is 16.2. The van der Waals surface area contributed by atoms with E-state index in [-0.39, 0.29) is 17.7 Å². The van der Waals surface area contributed by atoms with Crippen molar-refractivity contribution in [2.75, 3.05) is 51.6 Å². The number of rotatable bonds is 5. The molecule has 2 aliphatic heterocycles. The van der Waals surface area contributed by atoms with E-state index >= 15 is 0 Å². The van der Waals surface area contributed by atoms with Crippen LogP contribution in [0.4, 0.5) is 5.69 Å². The summed E-state index contributed by atoms with van der Waals surface area (Å²) in [4.78, 5) is 32.4. The second-order valence-corrected chi connectivity index (χ2v) is 9.22. The van der Waals surface area contributed by atoms with E-state index in [1.54, 1.807) is 0 Å². The minimum Gasteiger partial charge on any atom is -0.338 e. The van der Waals surface area contributed by atoms with E-state index in [2.05, 4.69) is 34.3 Å². The Morgan fingerprint density at radius 1 is 0.938 bits per heavy atom. The Balaban J connectivity index is 1.30. The average Bonchev–Trinajstić information content (AvgIpc) is 2.82. The van der Waals surface area contributed by atoms with Crippen molar-refractivity contribution in [3.05, 3.63) is 65.2 Å². The first-order valence-electron chi connectivity index (χ1n) is 11.6. The number of benzene rings is 2. The summed E-state index contributed by atoms with van der Waals surface area (Å²) in [7, 11) is 2.17. The maximum absolute atomic E-state index is 12.9. The van der Waals surface area contributed by atoms with Crippen molar-refractivity contribution in [1.29, 1.82) is 0 Å². The number of carbonyl (C=O) groups is 2. The quantitative estimate of drug-likeness (QED) is 0.785. The summed E-state index contributed by atoms with van der Waals surface area (Å²) in [6, 6.07) is 15.8. The summed E-state index contributed by atoms with van der Waals surface area (Å²) in [6.45, 7) is 8.54. The molecule has 2 aromatic carbocycles. The normalized spacial score (nSPS) is 20.2. The Morgan fingerprint density at radius 3 is 2.31 bits per heavy atom. The third kappa shape index (κ3) is 5.75.